The van der Waals surface area contributed by atoms with E-state index in [9.17, 15) is 5.11 Å². The van der Waals surface area contributed by atoms with E-state index in [0.29, 0.717) is 6.61 Å². The molecule has 1 spiro atoms. The number of halogens is 1. The monoisotopic (exact) mass is 326 g/mol. The fourth-order valence-corrected chi connectivity index (χ4v) is 3.85. The SMILES string of the molecule is C=C1CCC2(CO2)[C@@](O)(/C(C)=C/CC=C(C)C)C1Br. The van der Waals surface area contributed by atoms with Crippen LogP contribution in [0.15, 0.2) is 35.5 Å². The maximum Gasteiger partial charge on any atom is 0.133 e. The zero-order valence-corrected chi connectivity index (χ0v) is 13.6. The van der Waals surface area contributed by atoms with Gasteiger partial charge in [-0.25, -0.2) is 0 Å². The van der Waals surface area contributed by atoms with E-state index in [1.165, 1.54) is 5.57 Å². The van der Waals surface area contributed by atoms with Crippen LogP contribution in [0.4, 0.5) is 0 Å². The standard InChI is InChI=1S/C16H23BrO2/c1-11(2)6-5-7-13(4)16(18)14(17)12(3)8-9-15(16)10-19-15/h6-7,14,18H,3,5,8-10H2,1-2,4H3/b13-7+/t14?,15?,16-/m1/s1. The van der Waals surface area contributed by atoms with Crippen LogP contribution >= 0.6 is 15.9 Å². The molecule has 1 N–H and O–H groups in total. The molecule has 0 radical (unpaired) electrons. The van der Waals surface area contributed by atoms with Crippen LogP contribution in [0.3, 0.4) is 0 Å². The Bertz CT molecular complexity index is 442. The Morgan fingerprint density at radius 1 is 1.47 bits per heavy atom. The summed E-state index contributed by atoms with van der Waals surface area (Å²) in [6.07, 6.45) is 6.88. The summed E-state index contributed by atoms with van der Waals surface area (Å²) in [5, 5.41) is 11.2. The Labute approximate surface area is 124 Å². The zero-order chi connectivity index (χ0) is 14.3. The van der Waals surface area contributed by atoms with Crippen molar-refractivity contribution < 1.29 is 9.84 Å². The highest BCUT2D eigenvalue weighted by Gasteiger charge is 2.66. The summed E-state index contributed by atoms with van der Waals surface area (Å²) in [4.78, 5) is -0.126. The van der Waals surface area contributed by atoms with Crippen molar-refractivity contribution in [3.8, 4) is 0 Å². The molecule has 1 heterocycles. The first-order valence-corrected chi connectivity index (χ1v) is 7.74. The number of rotatable bonds is 3. The average Bonchev–Trinajstić information content (AvgIpc) is 3.13. The van der Waals surface area contributed by atoms with Crippen molar-refractivity contribution in [3.05, 3.63) is 35.5 Å². The Kier molecular flexibility index (Phi) is 4.10. The zero-order valence-electron chi connectivity index (χ0n) is 12.0. The first-order chi connectivity index (χ1) is 8.83. The summed E-state index contributed by atoms with van der Waals surface area (Å²) in [7, 11) is 0. The lowest BCUT2D eigenvalue weighted by Gasteiger charge is -2.44. The number of hydrogen-bond donors (Lipinski definition) is 1. The van der Waals surface area contributed by atoms with Gasteiger partial charge in [0.25, 0.3) is 0 Å². The fourth-order valence-electron chi connectivity index (χ4n) is 2.84. The summed E-state index contributed by atoms with van der Waals surface area (Å²) in [6.45, 7) is 10.9. The number of hydrogen-bond acceptors (Lipinski definition) is 2. The quantitative estimate of drug-likeness (QED) is 0.484. The van der Waals surface area contributed by atoms with E-state index in [0.717, 1.165) is 30.4 Å². The Balaban J connectivity index is 2.27. The molecule has 1 aliphatic carbocycles. The van der Waals surface area contributed by atoms with Crippen molar-refractivity contribution in [3.63, 3.8) is 0 Å². The van der Waals surface area contributed by atoms with Crippen molar-refractivity contribution in [2.45, 2.75) is 56.1 Å². The molecule has 1 saturated heterocycles. The van der Waals surface area contributed by atoms with Crippen LogP contribution in [0.1, 0.15) is 40.0 Å². The second-order valence-electron chi connectivity index (χ2n) is 5.97. The van der Waals surface area contributed by atoms with Gasteiger partial charge in [-0.1, -0.05) is 45.8 Å². The second-order valence-corrected chi connectivity index (χ2v) is 6.89. The first kappa shape index (κ1) is 15.0. The molecule has 2 fully saturated rings. The van der Waals surface area contributed by atoms with Gasteiger partial charge in [0, 0.05) is 0 Å². The van der Waals surface area contributed by atoms with Crippen LogP contribution in [0.2, 0.25) is 0 Å². The molecular weight excluding hydrogens is 304 g/mol. The molecule has 2 nitrogen and oxygen atoms in total. The molecule has 3 atom stereocenters. The van der Waals surface area contributed by atoms with E-state index in [2.05, 4.69) is 48.5 Å². The maximum atomic E-state index is 11.2. The first-order valence-electron chi connectivity index (χ1n) is 6.82. The van der Waals surface area contributed by atoms with Crippen molar-refractivity contribution >= 4 is 15.9 Å². The van der Waals surface area contributed by atoms with Gasteiger partial charge in [0.15, 0.2) is 0 Å². The maximum absolute atomic E-state index is 11.2. The summed E-state index contributed by atoms with van der Waals surface area (Å²) in [5.74, 6) is 0. The average molecular weight is 327 g/mol. The Hall–Kier alpha value is -0.380. The van der Waals surface area contributed by atoms with Gasteiger partial charge < -0.3 is 9.84 Å². The normalized spacial score (nSPS) is 38.5. The van der Waals surface area contributed by atoms with E-state index in [1.807, 2.05) is 6.92 Å². The van der Waals surface area contributed by atoms with Crippen molar-refractivity contribution in [2.24, 2.45) is 0 Å². The minimum absolute atomic E-state index is 0.126. The van der Waals surface area contributed by atoms with Gasteiger partial charge in [-0.2, -0.15) is 0 Å². The van der Waals surface area contributed by atoms with Gasteiger partial charge in [-0.3, -0.25) is 0 Å². The molecule has 2 rings (SSSR count). The van der Waals surface area contributed by atoms with Crippen LogP contribution in [-0.2, 0) is 4.74 Å². The van der Waals surface area contributed by atoms with Crippen molar-refractivity contribution in [1.29, 1.82) is 0 Å². The van der Waals surface area contributed by atoms with Gasteiger partial charge in [-0.15, -0.1) is 0 Å². The van der Waals surface area contributed by atoms with E-state index in [-0.39, 0.29) is 4.83 Å². The van der Waals surface area contributed by atoms with Crippen molar-refractivity contribution in [1.82, 2.24) is 0 Å². The molecule has 3 heteroatoms. The number of allylic oxidation sites excluding steroid dienone is 3. The highest BCUT2D eigenvalue weighted by Crippen LogP contribution is 2.55. The van der Waals surface area contributed by atoms with E-state index < -0.39 is 11.2 Å². The van der Waals surface area contributed by atoms with Gasteiger partial charge in [0.1, 0.15) is 11.2 Å². The minimum atomic E-state index is -0.960. The van der Waals surface area contributed by atoms with E-state index in [1.54, 1.807) is 0 Å². The predicted octanol–water partition coefficient (Wildman–Crippen LogP) is 3.90. The lowest BCUT2D eigenvalue weighted by molar-refractivity contribution is -0.0150. The molecule has 0 aromatic carbocycles. The lowest BCUT2D eigenvalue weighted by atomic mass is 9.69. The molecule has 1 aliphatic heterocycles. The molecular formula is C16H23BrO2. The molecule has 1 saturated carbocycles. The van der Waals surface area contributed by atoms with Crippen LogP contribution in [0.25, 0.3) is 0 Å². The number of alkyl halides is 1. The minimum Gasteiger partial charge on any atom is -0.381 e. The molecule has 0 aromatic rings. The third kappa shape index (κ3) is 2.48. The molecule has 19 heavy (non-hydrogen) atoms. The summed E-state index contributed by atoms with van der Waals surface area (Å²) in [5.41, 5.74) is 1.96. The third-order valence-electron chi connectivity index (χ3n) is 4.31. The summed E-state index contributed by atoms with van der Waals surface area (Å²) >= 11 is 3.63. The van der Waals surface area contributed by atoms with Gasteiger partial charge >= 0.3 is 0 Å². The van der Waals surface area contributed by atoms with Gasteiger partial charge in [0.2, 0.25) is 0 Å². The highest BCUT2D eigenvalue weighted by atomic mass is 79.9. The Morgan fingerprint density at radius 2 is 2.11 bits per heavy atom. The number of aliphatic hydroxyl groups is 1. The van der Waals surface area contributed by atoms with Crippen LogP contribution in [-0.4, -0.2) is 27.7 Å². The molecule has 2 aliphatic rings. The fraction of sp³-hybridized carbons (Fsp3) is 0.625. The van der Waals surface area contributed by atoms with E-state index in [4.69, 9.17) is 4.74 Å². The lowest BCUT2D eigenvalue weighted by Crippen LogP contribution is -2.56. The van der Waals surface area contributed by atoms with Crippen LogP contribution in [0, 0.1) is 0 Å². The topological polar surface area (TPSA) is 32.8 Å². The molecule has 0 amide bonds. The molecule has 106 valence electrons. The molecule has 2 unspecified atom stereocenters. The van der Waals surface area contributed by atoms with Gasteiger partial charge in [-0.05, 0) is 45.6 Å². The van der Waals surface area contributed by atoms with Crippen LogP contribution < -0.4 is 0 Å². The largest absolute Gasteiger partial charge is 0.381 e. The molecule has 0 aromatic heterocycles. The Morgan fingerprint density at radius 3 is 2.63 bits per heavy atom. The predicted molar refractivity (Wildman–Crippen MR) is 82.5 cm³/mol. The third-order valence-corrected chi connectivity index (χ3v) is 5.62. The second kappa shape index (κ2) is 5.19. The van der Waals surface area contributed by atoms with Gasteiger partial charge in [0.05, 0.1) is 11.4 Å². The summed E-state index contributed by atoms with van der Waals surface area (Å²) in [6, 6.07) is 0. The van der Waals surface area contributed by atoms with Crippen molar-refractivity contribution in [2.75, 3.05) is 6.61 Å². The number of ether oxygens (including phenoxy) is 1. The number of epoxide rings is 1. The van der Waals surface area contributed by atoms with E-state index >= 15 is 0 Å². The summed E-state index contributed by atoms with van der Waals surface area (Å²) < 4.78 is 5.64. The molecule has 0 bridgehead atoms. The highest BCUT2D eigenvalue weighted by molar-refractivity contribution is 9.09. The van der Waals surface area contributed by atoms with Crippen LogP contribution in [0.5, 0.6) is 0 Å². The smallest absolute Gasteiger partial charge is 0.133 e.